The largest absolute Gasteiger partial charge is 1.00 e. The van der Waals surface area contributed by atoms with Crippen molar-refractivity contribution in [2.75, 3.05) is 19.8 Å². The molecule has 0 saturated carbocycles. The molecule has 0 aromatic heterocycles. The number of amides is 1. The second-order valence-electron chi connectivity index (χ2n) is 5.36. The molecule has 26 heavy (non-hydrogen) atoms. The molecule has 0 aliphatic carbocycles. The van der Waals surface area contributed by atoms with Crippen molar-refractivity contribution in [1.29, 1.82) is 0 Å². The van der Waals surface area contributed by atoms with Crippen molar-refractivity contribution in [2.45, 2.75) is 33.0 Å². The van der Waals surface area contributed by atoms with E-state index in [1.165, 1.54) is 30.8 Å². The van der Waals surface area contributed by atoms with Gasteiger partial charge in [-0.3, -0.25) is 9.32 Å². The Balaban J connectivity index is -0.00000156. The Bertz CT molecular complexity index is 617. The third-order valence-electron chi connectivity index (χ3n) is 3.16. The van der Waals surface area contributed by atoms with Crippen molar-refractivity contribution < 1.29 is 95.0 Å². The quantitative estimate of drug-likeness (QED) is 0.194. The van der Waals surface area contributed by atoms with Gasteiger partial charge < -0.3 is 22.6 Å². The fraction of sp³-hybridized carbons (Fsp3) is 0.727. The SMILES string of the molecule is CC(C)OP(=O)(O)ON1C([N+](=O)[O-])=CN(N2CCOCC2=O)C1C.[H-].[H-].[Na+].[Na+]. The van der Waals surface area contributed by atoms with E-state index in [-0.39, 0.29) is 87.6 Å². The normalized spacial score (nSPS) is 22.5. The molecule has 0 radical (unpaired) electrons. The smallest absolute Gasteiger partial charge is 1.00 e. The molecule has 0 spiro atoms. The number of rotatable bonds is 6. The first kappa shape index (κ1) is 26.3. The van der Waals surface area contributed by atoms with E-state index in [0.29, 0.717) is 5.06 Å². The second kappa shape index (κ2) is 10.7. The molecule has 1 N–H and O–H groups in total. The van der Waals surface area contributed by atoms with E-state index in [1.807, 2.05) is 0 Å². The predicted molar refractivity (Wildman–Crippen MR) is 80.1 cm³/mol. The van der Waals surface area contributed by atoms with Gasteiger partial charge in [0.2, 0.25) is 6.17 Å². The van der Waals surface area contributed by atoms with Gasteiger partial charge >= 0.3 is 72.8 Å². The van der Waals surface area contributed by atoms with Crippen LogP contribution in [0.1, 0.15) is 23.6 Å². The molecule has 1 fully saturated rings. The van der Waals surface area contributed by atoms with E-state index >= 15 is 0 Å². The van der Waals surface area contributed by atoms with Crippen LogP contribution in [0.3, 0.4) is 0 Å². The molecule has 2 heterocycles. The summed E-state index contributed by atoms with van der Waals surface area (Å²) < 4.78 is 26.6. The number of carbonyl (C=O) groups is 1. The van der Waals surface area contributed by atoms with Gasteiger partial charge in [-0.05, 0) is 18.8 Å². The molecule has 2 unspecified atom stereocenters. The first-order chi connectivity index (χ1) is 11.1. The first-order valence-electron chi connectivity index (χ1n) is 7.15. The van der Waals surface area contributed by atoms with Gasteiger partial charge in [-0.15, -0.1) is 0 Å². The zero-order valence-corrected chi connectivity index (χ0v) is 20.3. The Labute approximate surface area is 197 Å². The molecule has 2 atom stereocenters. The Morgan fingerprint density at radius 3 is 2.62 bits per heavy atom. The van der Waals surface area contributed by atoms with E-state index in [1.54, 1.807) is 0 Å². The molecular weight excluding hydrogens is 393 g/mol. The molecule has 2 aliphatic heterocycles. The fourth-order valence-electron chi connectivity index (χ4n) is 2.24. The maximum absolute atomic E-state index is 11.9. The maximum atomic E-state index is 11.9. The monoisotopic (exact) mass is 414 g/mol. The summed E-state index contributed by atoms with van der Waals surface area (Å²) >= 11 is 0. The summed E-state index contributed by atoms with van der Waals surface area (Å²) in [6, 6.07) is 0. The van der Waals surface area contributed by atoms with Crippen LogP contribution in [0.15, 0.2) is 12.0 Å². The standard InChI is InChI=1S/C11H19N4O8P.2Na.2H/c1-8(2)22-24(19,20)23-14-9(3)13(6-10(14)15(17)18)12-4-5-21-7-11(12)16;;;;/h6,8-9H,4-5,7H2,1-3H3,(H,19,20);;;;/q;2*+1;2*-1. The van der Waals surface area contributed by atoms with Gasteiger partial charge in [-0.2, -0.15) is 0 Å². The van der Waals surface area contributed by atoms with E-state index in [4.69, 9.17) is 13.9 Å². The summed E-state index contributed by atoms with van der Waals surface area (Å²) in [7, 11) is -4.57. The zero-order chi connectivity index (χ0) is 18.1. The molecule has 2 aliphatic rings. The number of hydrogen-bond donors (Lipinski definition) is 1. The molecule has 140 valence electrons. The average Bonchev–Trinajstić information content (AvgIpc) is 2.75. The van der Waals surface area contributed by atoms with Gasteiger partial charge in [-0.25, -0.2) is 14.6 Å². The van der Waals surface area contributed by atoms with Crippen LogP contribution in [0.5, 0.6) is 0 Å². The molecule has 0 aromatic carbocycles. The number of hydrogen-bond acceptors (Lipinski definition) is 9. The minimum absolute atomic E-state index is 0. The van der Waals surface area contributed by atoms with E-state index in [2.05, 4.69) is 0 Å². The number of phosphoric acid groups is 1. The zero-order valence-electron chi connectivity index (χ0n) is 17.4. The molecular formula is C11H21N4Na2O8P. The minimum atomic E-state index is -4.57. The summed E-state index contributed by atoms with van der Waals surface area (Å²) in [5, 5.41) is 14.4. The van der Waals surface area contributed by atoms with Gasteiger partial charge in [0.25, 0.3) is 5.91 Å². The summed E-state index contributed by atoms with van der Waals surface area (Å²) in [4.78, 5) is 32.1. The molecule has 15 heteroatoms. The molecule has 0 bridgehead atoms. The molecule has 2 rings (SSSR count). The van der Waals surface area contributed by atoms with Gasteiger partial charge in [0.15, 0.2) is 0 Å². The van der Waals surface area contributed by atoms with Crippen LogP contribution >= 0.6 is 7.82 Å². The Hall–Kier alpha value is 0.280. The van der Waals surface area contributed by atoms with Gasteiger partial charge in [0.05, 0.1) is 19.3 Å². The number of morpholine rings is 1. The van der Waals surface area contributed by atoms with Gasteiger partial charge in [0, 0.05) is 6.92 Å². The van der Waals surface area contributed by atoms with Gasteiger partial charge in [-0.1, -0.05) is 9.69 Å². The number of ether oxygens (including phenoxy) is 1. The van der Waals surface area contributed by atoms with Crippen LogP contribution < -0.4 is 59.1 Å². The number of hydrazine groups is 1. The number of nitrogens with zero attached hydrogens (tertiary/aromatic N) is 4. The van der Waals surface area contributed by atoms with Crippen molar-refractivity contribution in [3.63, 3.8) is 0 Å². The second-order valence-corrected chi connectivity index (χ2v) is 6.67. The van der Waals surface area contributed by atoms with Crippen LogP contribution in [0.25, 0.3) is 0 Å². The minimum Gasteiger partial charge on any atom is -1.00 e. The summed E-state index contributed by atoms with van der Waals surface area (Å²) in [5.74, 6) is -0.983. The van der Waals surface area contributed by atoms with Crippen LogP contribution in [0.2, 0.25) is 0 Å². The van der Waals surface area contributed by atoms with E-state index in [9.17, 15) is 24.4 Å². The summed E-state index contributed by atoms with van der Waals surface area (Å²) in [5.41, 5.74) is 0. The summed E-state index contributed by atoms with van der Waals surface area (Å²) in [6.07, 6.45) is -0.481. The summed E-state index contributed by atoms with van der Waals surface area (Å²) in [6.45, 7) is 4.82. The van der Waals surface area contributed by atoms with Crippen LogP contribution in [0, 0.1) is 10.1 Å². The Morgan fingerprint density at radius 2 is 2.12 bits per heavy atom. The van der Waals surface area contributed by atoms with Crippen molar-refractivity contribution in [1.82, 2.24) is 15.1 Å². The van der Waals surface area contributed by atoms with Crippen molar-refractivity contribution in [3.05, 3.63) is 22.1 Å². The number of hydroxylamine groups is 2. The van der Waals surface area contributed by atoms with Crippen LogP contribution in [0.4, 0.5) is 0 Å². The first-order valence-corrected chi connectivity index (χ1v) is 8.64. The van der Waals surface area contributed by atoms with E-state index < -0.39 is 30.8 Å². The van der Waals surface area contributed by atoms with Crippen LogP contribution in [-0.2, 0) is 23.2 Å². The predicted octanol–water partition coefficient (Wildman–Crippen LogP) is -5.51. The topological polar surface area (TPSA) is 135 Å². The third kappa shape index (κ3) is 6.42. The van der Waals surface area contributed by atoms with E-state index in [0.717, 1.165) is 6.20 Å². The van der Waals surface area contributed by atoms with Crippen molar-refractivity contribution in [3.8, 4) is 0 Å². The molecule has 1 saturated heterocycles. The fourth-order valence-corrected chi connectivity index (χ4v) is 3.26. The Morgan fingerprint density at radius 1 is 1.50 bits per heavy atom. The van der Waals surface area contributed by atoms with Crippen LogP contribution in [-0.4, -0.2) is 62.8 Å². The van der Waals surface area contributed by atoms with Gasteiger partial charge in [0.1, 0.15) is 12.8 Å². The molecule has 1 amide bonds. The number of nitro groups is 1. The third-order valence-corrected chi connectivity index (χ3v) is 4.23. The molecule has 0 aromatic rings. The Kier molecular flexibility index (Phi) is 10.8. The maximum Gasteiger partial charge on any atom is 1.00 e. The average molecular weight is 414 g/mol. The molecule has 12 nitrogen and oxygen atoms in total. The van der Waals surface area contributed by atoms with Crippen molar-refractivity contribution in [2.24, 2.45) is 0 Å². The number of carbonyl (C=O) groups excluding carboxylic acids is 1. The van der Waals surface area contributed by atoms with Crippen molar-refractivity contribution >= 4 is 13.7 Å². The number of phosphoric ester groups is 1.